The number of nitriles is 1. The molecule has 1 N–H and O–H groups in total. The van der Waals surface area contributed by atoms with Crippen molar-refractivity contribution in [1.82, 2.24) is 0 Å². The Balaban J connectivity index is 2.06. The number of carbonyl (C=O) groups is 1. The summed E-state index contributed by atoms with van der Waals surface area (Å²) in [6.07, 6.45) is 3.77. The summed E-state index contributed by atoms with van der Waals surface area (Å²) in [6, 6.07) is 12.5. The molecule has 0 saturated heterocycles. The van der Waals surface area contributed by atoms with Crippen molar-refractivity contribution in [1.29, 1.82) is 5.26 Å². The lowest BCUT2D eigenvalue weighted by molar-refractivity contribution is -0.705. The zero-order chi connectivity index (χ0) is 16.1. The first-order valence-corrected chi connectivity index (χ1v) is 7.00. The molecule has 1 aromatic heterocycles. The van der Waals surface area contributed by atoms with Gasteiger partial charge in [0.2, 0.25) is 6.04 Å². The van der Waals surface area contributed by atoms with Crippen LogP contribution in [0.1, 0.15) is 18.5 Å². The van der Waals surface area contributed by atoms with Crippen LogP contribution in [-0.4, -0.2) is 20.0 Å². The topological polar surface area (TPSA) is 60.0 Å². The minimum absolute atomic E-state index is 0.104. The van der Waals surface area contributed by atoms with Crippen molar-refractivity contribution in [3.8, 4) is 6.07 Å². The number of nitrogens with zero attached hydrogens (tertiary/aromatic N) is 3. The number of hydrogen-bond donors (Lipinski definition) is 1. The van der Waals surface area contributed by atoms with E-state index in [0.29, 0.717) is 11.3 Å². The van der Waals surface area contributed by atoms with Crippen LogP contribution in [0.2, 0.25) is 0 Å². The third kappa shape index (κ3) is 3.61. The van der Waals surface area contributed by atoms with Gasteiger partial charge in [0.1, 0.15) is 0 Å². The third-order valence-electron chi connectivity index (χ3n) is 3.46. The van der Waals surface area contributed by atoms with Gasteiger partial charge in [-0.05, 0) is 24.3 Å². The molecule has 0 radical (unpaired) electrons. The van der Waals surface area contributed by atoms with Gasteiger partial charge in [-0.1, -0.05) is 0 Å². The molecule has 1 heterocycles. The van der Waals surface area contributed by atoms with Crippen LogP contribution in [0.4, 0.5) is 11.4 Å². The maximum atomic E-state index is 12.3. The van der Waals surface area contributed by atoms with Crippen molar-refractivity contribution in [3.63, 3.8) is 0 Å². The van der Waals surface area contributed by atoms with Gasteiger partial charge in [0, 0.05) is 44.5 Å². The Morgan fingerprint density at radius 3 is 2.27 bits per heavy atom. The maximum Gasteiger partial charge on any atom is 0.293 e. The van der Waals surface area contributed by atoms with Crippen LogP contribution in [0.15, 0.2) is 48.8 Å². The highest BCUT2D eigenvalue weighted by Gasteiger charge is 2.21. The number of rotatable bonds is 4. The minimum atomic E-state index is -0.327. The summed E-state index contributed by atoms with van der Waals surface area (Å²) in [5.74, 6) is -0.104. The summed E-state index contributed by atoms with van der Waals surface area (Å²) >= 11 is 0. The van der Waals surface area contributed by atoms with E-state index >= 15 is 0 Å². The number of nitrogens with one attached hydrogen (secondary N) is 1. The van der Waals surface area contributed by atoms with Crippen molar-refractivity contribution >= 4 is 17.3 Å². The number of pyridine rings is 1. The molecule has 1 amide bonds. The Bertz CT molecular complexity index is 684. The Morgan fingerprint density at radius 1 is 1.18 bits per heavy atom. The molecule has 1 atom stereocenters. The van der Waals surface area contributed by atoms with Gasteiger partial charge in [-0.2, -0.15) is 9.83 Å². The van der Waals surface area contributed by atoms with Crippen LogP contribution in [0.5, 0.6) is 0 Å². The van der Waals surface area contributed by atoms with Gasteiger partial charge in [-0.3, -0.25) is 4.79 Å². The van der Waals surface area contributed by atoms with Gasteiger partial charge >= 0.3 is 0 Å². The van der Waals surface area contributed by atoms with E-state index in [0.717, 1.165) is 5.69 Å². The van der Waals surface area contributed by atoms with Crippen molar-refractivity contribution in [3.05, 3.63) is 54.4 Å². The molecule has 0 aliphatic rings. The summed E-state index contributed by atoms with van der Waals surface area (Å²) in [5.41, 5.74) is 2.33. The van der Waals surface area contributed by atoms with E-state index in [4.69, 9.17) is 5.26 Å². The summed E-state index contributed by atoms with van der Waals surface area (Å²) in [5, 5.41) is 11.6. The highest BCUT2D eigenvalue weighted by molar-refractivity contribution is 5.92. The summed E-state index contributed by atoms with van der Waals surface area (Å²) in [7, 11) is 3.95. The molecule has 0 aliphatic heterocycles. The lowest BCUT2D eigenvalue weighted by Crippen LogP contribution is -2.44. The Kier molecular flexibility index (Phi) is 4.74. The van der Waals surface area contributed by atoms with Crippen LogP contribution in [0.3, 0.4) is 0 Å². The average Bonchev–Trinajstić information content (AvgIpc) is 2.55. The lowest BCUT2D eigenvalue weighted by atomic mass is 10.2. The Labute approximate surface area is 130 Å². The van der Waals surface area contributed by atoms with Crippen molar-refractivity contribution in [2.24, 2.45) is 0 Å². The van der Waals surface area contributed by atoms with E-state index in [1.165, 1.54) is 0 Å². The molecule has 0 spiro atoms. The molecule has 0 fully saturated rings. The Hall–Kier alpha value is -2.87. The molecule has 112 valence electrons. The van der Waals surface area contributed by atoms with E-state index in [1.807, 2.05) is 61.1 Å². The fourth-order valence-electron chi connectivity index (χ4n) is 2.00. The number of aromatic nitrogens is 1. The van der Waals surface area contributed by atoms with Gasteiger partial charge in [-0.15, -0.1) is 0 Å². The molecular formula is C17H19N4O+. The van der Waals surface area contributed by atoms with Crippen LogP contribution in [-0.2, 0) is 4.79 Å². The van der Waals surface area contributed by atoms with Gasteiger partial charge in [0.15, 0.2) is 12.4 Å². The van der Waals surface area contributed by atoms with Crippen LogP contribution < -0.4 is 14.8 Å². The largest absolute Gasteiger partial charge is 0.377 e. The number of carbonyl (C=O) groups excluding carboxylic acids is 1. The molecule has 0 saturated carbocycles. The molecule has 1 aromatic carbocycles. The first-order chi connectivity index (χ1) is 10.5. The fraction of sp³-hybridized carbons (Fsp3) is 0.235. The quantitative estimate of drug-likeness (QED) is 0.879. The van der Waals surface area contributed by atoms with Crippen LogP contribution in [0, 0.1) is 11.3 Å². The normalized spacial score (nSPS) is 11.4. The monoisotopic (exact) mass is 295 g/mol. The molecule has 0 bridgehead atoms. The lowest BCUT2D eigenvalue weighted by Gasteiger charge is -2.12. The summed E-state index contributed by atoms with van der Waals surface area (Å²) < 4.78 is 1.85. The number of hydrogen-bond acceptors (Lipinski definition) is 3. The zero-order valence-electron chi connectivity index (χ0n) is 12.9. The van der Waals surface area contributed by atoms with Gasteiger partial charge in [0.05, 0.1) is 11.6 Å². The van der Waals surface area contributed by atoms with E-state index in [-0.39, 0.29) is 11.9 Å². The summed E-state index contributed by atoms with van der Waals surface area (Å²) in [6.45, 7) is 1.84. The molecule has 0 unspecified atom stereocenters. The standard InChI is InChI=1S/C17H18N4O/c1-13(21-10-8-16(9-11-21)20(2)3)17(22)19-15-6-4-14(12-18)5-7-15/h4-11,13H,1-3H3/p+1/t13-/m0/s1. The predicted octanol–water partition coefficient (Wildman–Crippen LogP) is 2.11. The maximum absolute atomic E-state index is 12.3. The second-order valence-electron chi connectivity index (χ2n) is 5.25. The number of anilines is 2. The SMILES string of the molecule is C[C@@H](C(=O)Nc1ccc(C#N)cc1)[n+]1ccc(N(C)C)cc1. The average molecular weight is 295 g/mol. The van der Waals surface area contributed by atoms with Gasteiger partial charge < -0.3 is 10.2 Å². The van der Waals surface area contributed by atoms with E-state index < -0.39 is 0 Å². The summed E-state index contributed by atoms with van der Waals surface area (Å²) in [4.78, 5) is 14.3. The first kappa shape index (κ1) is 15.5. The molecule has 5 heteroatoms. The smallest absolute Gasteiger partial charge is 0.293 e. The van der Waals surface area contributed by atoms with Crippen LogP contribution >= 0.6 is 0 Å². The third-order valence-corrected chi connectivity index (χ3v) is 3.46. The number of amides is 1. The zero-order valence-corrected chi connectivity index (χ0v) is 12.9. The second-order valence-corrected chi connectivity index (χ2v) is 5.25. The first-order valence-electron chi connectivity index (χ1n) is 7.00. The fourth-order valence-corrected chi connectivity index (χ4v) is 2.00. The van der Waals surface area contributed by atoms with Gasteiger partial charge in [0.25, 0.3) is 5.91 Å². The van der Waals surface area contributed by atoms with Crippen molar-refractivity contribution in [2.75, 3.05) is 24.3 Å². The van der Waals surface area contributed by atoms with Gasteiger partial charge in [-0.25, -0.2) is 0 Å². The van der Waals surface area contributed by atoms with Crippen molar-refractivity contribution < 1.29 is 9.36 Å². The molecule has 22 heavy (non-hydrogen) atoms. The highest BCUT2D eigenvalue weighted by Crippen LogP contribution is 2.11. The van der Waals surface area contributed by atoms with Crippen LogP contribution in [0.25, 0.3) is 0 Å². The second kappa shape index (κ2) is 6.72. The highest BCUT2D eigenvalue weighted by atomic mass is 16.2. The van der Waals surface area contributed by atoms with Crippen molar-refractivity contribution in [2.45, 2.75) is 13.0 Å². The predicted molar refractivity (Wildman–Crippen MR) is 85.5 cm³/mol. The number of benzene rings is 1. The molecule has 5 nitrogen and oxygen atoms in total. The molecule has 0 aliphatic carbocycles. The van der Waals surface area contributed by atoms with E-state index in [9.17, 15) is 4.79 Å². The molecule has 2 aromatic rings. The minimum Gasteiger partial charge on any atom is -0.377 e. The van der Waals surface area contributed by atoms with E-state index in [1.54, 1.807) is 24.3 Å². The molecular weight excluding hydrogens is 276 g/mol. The molecule has 2 rings (SSSR count). The van der Waals surface area contributed by atoms with E-state index in [2.05, 4.69) is 5.32 Å². The Morgan fingerprint density at radius 2 is 1.77 bits per heavy atom.